The molecule has 0 N–H and O–H groups in total. The fraction of sp³-hybridized carbons (Fsp3) is 0.0625. The van der Waals surface area contributed by atoms with Crippen molar-refractivity contribution in [2.24, 2.45) is 0 Å². The van der Waals surface area contributed by atoms with E-state index in [1.807, 2.05) is 67.6 Å². The van der Waals surface area contributed by atoms with Crippen molar-refractivity contribution in [1.82, 2.24) is 4.98 Å². The van der Waals surface area contributed by atoms with E-state index >= 15 is 0 Å². The van der Waals surface area contributed by atoms with Gasteiger partial charge in [-0.3, -0.25) is 0 Å². The van der Waals surface area contributed by atoms with Gasteiger partial charge >= 0.3 is 0 Å². The van der Waals surface area contributed by atoms with Gasteiger partial charge in [0.05, 0.1) is 0 Å². The maximum Gasteiger partial charge on any atom is 0.192 e. The van der Waals surface area contributed by atoms with E-state index in [-0.39, 0.29) is 0 Å². The minimum Gasteiger partial charge on any atom is -0.440 e. The number of rotatable bonds is 2. The van der Waals surface area contributed by atoms with E-state index in [9.17, 15) is 0 Å². The highest BCUT2D eigenvalue weighted by Crippen LogP contribution is 2.31. The monoisotopic (exact) mass is 235 g/mol. The summed E-state index contributed by atoms with van der Waals surface area (Å²) in [5.41, 5.74) is 3.03. The first kappa shape index (κ1) is 10.8. The Morgan fingerprint density at radius 2 is 1.33 bits per heavy atom. The zero-order chi connectivity index (χ0) is 12.4. The van der Waals surface area contributed by atoms with Gasteiger partial charge in [0.1, 0.15) is 5.69 Å². The second kappa shape index (κ2) is 4.49. The number of aryl methyl sites for hydroxylation is 1. The highest BCUT2D eigenvalue weighted by molar-refractivity contribution is 5.76. The average Bonchev–Trinajstić information content (AvgIpc) is 2.83. The summed E-state index contributed by atoms with van der Waals surface area (Å²) in [6, 6.07) is 20.2. The maximum atomic E-state index is 5.74. The first-order chi connectivity index (χ1) is 8.84. The van der Waals surface area contributed by atoms with Crippen LogP contribution in [-0.2, 0) is 0 Å². The third-order valence-electron chi connectivity index (χ3n) is 2.82. The molecule has 18 heavy (non-hydrogen) atoms. The van der Waals surface area contributed by atoms with E-state index in [1.54, 1.807) is 0 Å². The Bertz CT molecular complexity index is 584. The Hall–Kier alpha value is -2.35. The lowest BCUT2D eigenvalue weighted by Crippen LogP contribution is -1.81. The van der Waals surface area contributed by atoms with Crippen LogP contribution in [0.1, 0.15) is 5.89 Å². The van der Waals surface area contributed by atoms with Crippen molar-refractivity contribution in [3.05, 3.63) is 66.6 Å². The summed E-state index contributed by atoms with van der Waals surface area (Å²) in [6.07, 6.45) is 0. The van der Waals surface area contributed by atoms with Gasteiger partial charge in [-0.1, -0.05) is 60.7 Å². The minimum atomic E-state index is 0.688. The van der Waals surface area contributed by atoms with Crippen LogP contribution in [0.2, 0.25) is 0 Å². The largest absolute Gasteiger partial charge is 0.440 e. The van der Waals surface area contributed by atoms with Crippen LogP contribution in [0.3, 0.4) is 0 Å². The summed E-state index contributed by atoms with van der Waals surface area (Å²) in [6.45, 7) is 1.87. The molecule has 0 amide bonds. The van der Waals surface area contributed by atoms with Gasteiger partial charge in [0.15, 0.2) is 11.7 Å². The number of nitrogens with zero attached hydrogens (tertiary/aromatic N) is 1. The van der Waals surface area contributed by atoms with E-state index in [2.05, 4.69) is 4.98 Å². The van der Waals surface area contributed by atoms with Gasteiger partial charge < -0.3 is 4.42 Å². The van der Waals surface area contributed by atoms with Crippen molar-refractivity contribution in [2.75, 3.05) is 0 Å². The lowest BCUT2D eigenvalue weighted by atomic mass is 10.1. The van der Waals surface area contributed by atoms with Crippen LogP contribution in [0.25, 0.3) is 22.6 Å². The predicted molar refractivity (Wildman–Crippen MR) is 72.1 cm³/mol. The molecule has 0 aliphatic heterocycles. The second-order valence-corrected chi connectivity index (χ2v) is 4.14. The molecule has 2 heteroatoms. The molecule has 0 spiro atoms. The number of hydrogen-bond donors (Lipinski definition) is 0. The van der Waals surface area contributed by atoms with E-state index < -0.39 is 0 Å². The number of hydrogen-bond acceptors (Lipinski definition) is 2. The predicted octanol–water partition coefficient (Wildman–Crippen LogP) is 4.32. The molecular weight excluding hydrogens is 222 g/mol. The molecule has 2 aromatic carbocycles. The zero-order valence-corrected chi connectivity index (χ0v) is 10.1. The highest BCUT2D eigenvalue weighted by Gasteiger charge is 2.14. The van der Waals surface area contributed by atoms with Crippen molar-refractivity contribution >= 4 is 0 Å². The van der Waals surface area contributed by atoms with Gasteiger partial charge in [-0.05, 0) is 0 Å². The van der Waals surface area contributed by atoms with Crippen molar-refractivity contribution in [3.8, 4) is 22.6 Å². The fourth-order valence-corrected chi connectivity index (χ4v) is 2.00. The quantitative estimate of drug-likeness (QED) is 0.661. The summed E-state index contributed by atoms with van der Waals surface area (Å²) in [5.74, 6) is 1.52. The topological polar surface area (TPSA) is 26.0 Å². The van der Waals surface area contributed by atoms with Crippen molar-refractivity contribution in [2.45, 2.75) is 6.92 Å². The molecule has 2 nitrogen and oxygen atoms in total. The molecular formula is C16H13NO. The lowest BCUT2D eigenvalue weighted by molar-refractivity contribution is 0.534. The van der Waals surface area contributed by atoms with Gasteiger partial charge in [-0.25, -0.2) is 4.98 Å². The minimum absolute atomic E-state index is 0.688. The van der Waals surface area contributed by atoms with E-state index in [1.165, 1.54) is 0 Å². The smallest absolute Gasteiger partial charge is 0.192 e. The van der Waals surface area contributed by atoms with Gasteiger partial charge in [0.2, 0.25) is 0 Å². The number of oxazole rings is 1. The fourth-order valence-electron chi connectivity index (χ4n) is 2.00. The molecule has 0 saturated heterocycles. The van der Waals surface area contributed by atoms with Crippen LogP contribution in [0.15, 0.2) is 65.1 Å². The summed E-state index contributed by atoms with van der Waals surface area (Å²) in [4.78, 5) is 4.49. The summed E-state index contributed by atoms with van der Waals surface area (Å²) in [5, 5.41) is 0. The van der Waals surface area contributed by atoms with Gasteiger partial charge in [-0.2, -0.15) is 0 Å². The maximum absolute atomic E-state index is 5.74. The first-order valence-electron chi connectivity index (χ1n) is 5.93. The SMILES string of the molecule is Cc1nc(-c2ccccc2)c(-c2ccccc2)o1. The van der Waals surface area contributed by atoms with Crippen LogP contribution < -0.4 is 0 Å². The molecule has 0 fully saturated rings. The molecule has 1 heterocycles. The standard InChI is InChI=1S/C16H13NO/c1-12-17-15(13-8-4-2-5-9-13)16(18-12)14-10-6-3-7-11-14/h2-11H,1H3. The normalized spacial score (nSPS) is 10.5. The lowest BCUT2D eigenvalue weighted by Gasteiger charge is -2.00. The molecule has 3 aromatic rings. The molecule has 0 aliphatic rings. The Kier molecular flexibility index (Phi) is 2.69. The second-order valence-electron chi connectivity index (χ2n) is 4.14. The zero-order valence-electron chi connectivity index (χ0n) is 10.1. The third kappa shape index (κ3) is 1.93. The van der Waals surface area contributed by atoms with Crippen molar-refractivity contribution in [1.29, 1.82) is 0 Å². The van der Waals surface area contributed by atoms with Crippen molar-refractivity contribution in [3.63, 3.8) is 0 Å². The van der Waals surface area contributed by atoms with E-state index in [0.717, 1.165) is 22.6 Å². The highest BCUT2D eigenvalue weighted by atomic mass is 16.4. The van der Waals surface area contributed by atoms with Gasteiger partial charge in [-0.15, -0.1) is 0 Å². The van der Waals surface area contributed by atoms with Gasteiger partial charge in [0.25, 0.3) is 0 Å². The van der Waals surface area contributed by atoms with Crippen LogP contribution in [0, 0.1) is 6.92 Å². The molecule has 3 rings (SSSR count). The molecule has 88 valence electrons. The average molecular weight is 235 g/mol. The summed E-state index contributed by atoms with van der Waals surface area (Å²) in [7, 11) is 0. The van der Waals surface area contributed by atoms with E-state index in [0.29, 0.717) is 5.89 Å². The Balaban J connectivity index is 2.17. The van der Waals surface area contributed by atoms with Crippen LogP contribution in [0.4, 0.5) is 0 Å². The molecule has 0 bridgehead atoms. The number of benzene rings is 2. The van der Waals surface area contributed by atoms with Gasteiger partial charge in [0, 0.05) is 18.1 Å². The van der Waals surface area contributed by atoms with Crippen LogP contribution >= 0.6 is 0 Å². The van der Waals surface area contributed by atoms with Crippen LogP contribution in [-0.4, -0.2) is 4.98 Å². The molecule has 0 atom stereocenters. The number of aromatic nitrogens is 1. The Labute approximate surface area is 106 Å². The molecule has 0 radical (unpaired) electrons. The van der Waals surface area contributed by atoms with E-state index in [4.69, 9.17) is 4.42 Å². The Morgan fingerprint density at radius 3 is 1.94 bits per heavy atom. The summed E-state index contributed by atoms with van der Waals surface area (Å²) >= 11 is 0. The van der Waals surface area contributed by atoms with Crippen molar-refractivity contribution < 1.29 is 4.42 Å². The molecule has 0 saturated carbocycles. The molecule has 0 unspecified atom stereocenters. The molecule has 1 aromatic heterocycles. The third-order valence-corrected chi connectivity index (χ3v) is 2.82. The first-order valence-corrected chi connectivity index (χ1v) is 5.93. The van der Waals surface area contributed by atoms with Crippen LogP contribution in [0.5, 0.6) is 0 Å². The summed E-state index contributed by atoms with van der Waals surface area (Å²) < 4.78 is 5.74. The Morgan fingerprint density at radius 1 is 0.778 bits per heavy atom. The molecule has 0 aliphatic carbocycles.